The highest BCUT2D eigenvalue weighted by atomic mass is 35.5. The molecule has 112 valence electrons. The van der Waals surface area contributed by atoms with Crippen molar-refractivity contribution in [1.29, 1.82) is 0 Å². The van der Waals surface area contributed by atoms with Crippen LogP contribution in [0.25, 0.3) is 0 Å². The Morgan fingerprint density at radius 2 is 2.00 bits per heavy atom. The van der Waals surface area contributed by atoms with Crippen LogP contribution in [0.5, 0.6) is 0 Å². The molecule has 2 nitrogen and oxygen atoms in total. The fraction of sp³-hybridized carbons (Fsp3) is 0.600. The van der Waals surface area contributed by atoms with E-state index in [2.05, 4.69) is 10.2 Å². The van der Waals surface area contributed by atoms with E-state index >= 15 is 0 Å². The first-order chi connectivity index (χ1) is 9.24. The van der Waals surface area contributed by atoms with Crippen LogP contribution in [0.15, 0.2) is 18.2 Å². The molecule has 2 aliphatic rings. The second kappa shape index (κ2) is 7.08. The number of halogens is 3. The molecular formula is C15H21Cl2FN2. The van der Waals surface area contributed by atoms with Gasteiger partial charge in [-0.2, -0.15) is 0 Å². The zero-order chi connectivity index (χ0) is 13.2. The third kappa shape index (κ3) is 3.85. The molecule has 2 fully saturated rings. The molecule has 0 radical (unpaired) electrons. The van der Waals surface area contributed by atoms with Crippen molar-refractivity contribution < 1.29 is 4.39 Å². The molecule has 0 aromatic heterocycles. The highest BCUT2D eigenvalue weighted by Crippen LogP contribution is 2.41. The summed E-state index contributed by atoms with van der Waals surface area (Å²) in [6, 6.07) is 5.13. The lowest BCUT2D eigenvalue weighted by molar-refractivity contribution is 0.157. The molecule has 1 aliphatic carbocycles. The molecule has 1 saturated carbocycles. The number of hydrogen-bond donors (Lipinski definition) is 1. The molecule has 0 spiro atoms. The second-order valence-corrected chi connectivity index (χ2v) is 6.08. The van der Waals surface area contributed by atoms with Gasteiger partial charge in [-0.25, -0.2) is 4.39 Å². The number of nitrogens with one attached hydrogen (secondary N) is 1. The van der Waals surface area contributed by atoms with Crippen LogP contribution >= 0.6 is 24.0 Å². The van der Waals surface area contributed by atoms with E-state index in [0.29, 0.717) is 5.02 Å². The van der Waals surface area contributed by atoms with Gasteiger partial charge in [-0.05, 0) is 30.5 Å². The van der Waals surface area contributed by atoms with E-state index in [9.17, 15) is 4.39 Å². The summed E-state index contributed by atoms with van der Waals surface area (Å²) >= 11 is 6.05. The second-order valence-electron chi connectivity index (χ2n) is 5.65. The maximum atomic E-state index is 14.1. The van der Waals surface area contributed by atoms with Crippen molar-refractivity contribution in [2.24, 2.45) is 5.92 Å². The number of rotatable bonds is 4. The number of hydrogen-bond acceptors (Lipinski definition) is 2. The Labute approximate surface area is 131 Å². The maximum Gasteiger partial charge on any atom is 0.128 e. The van der Waals surface area contributed by atoms with Crippen molar-refractivity contribution in [1.82, 2.24) is 10.2 Å². The van der Waals surface area contributed by atoms with E-state index in [1.54, 1.807) is 6.07 Å². The first-order valence-electron chi connectivity index (χ1n) is 7.14. The standard InChI is InChI=1S/C15H20ClFN2.ClH/c16-12-3-4-14(17)13(10-12)15(9-11-1-2-11)19-7-5-18-6-8-19;/h3-4,10-11,15,18H,1-2,5-9H2;1H/t15-;/m0./s1. The predicted octanol–water partition coefficient (Wildman–Crippen LogP) is 3.65. The molecule has 0 unspecified atom stereocenters. The van der Waals surface area contributed by atoms with Gasteiger partial charge in [0.15, 0.2) is 0 Å². The van der Waals surface area contributed by atoms with Crippen LogP contribution in [-0.2, 0) is 0 Å². The molecule has 0 bridgehead atoms. The molecule has 3 rings (SSSR count). The van der Waals surface area contributed by atoms with Gasteiger partial charge in [0.05, 0.1) is 0 Å². The summed E-state index contributed by atoms with van der Waals surface area (Å²) in [6.07, 6.45) is 3.66. The molecule has 1 atom stereocenters. The Morgan fingerprint density at radius 1 is 1.30 bits per heavy atom. The monoisotopic (exact) mass is 318 g/mol. The van der Waals surface area contributed by atoms with Crippen LogP contribution < -0.4 is 5.32 Å². The molecule has 1 N–H and O–H groups in total. The van der Waals surface area contributed by atoms with Gasteiger partial charge >= 0.3 is 0 Å². The average Bonchev–Trinajstić information content (AvgIpc) is 3.24. The van der Waals surface area contributed by atoms with E-state index in [1.807, 2.05) is 6.07 Å². The highest BCUT2D eigenvalue weighted by molar-refractivity contribution is 6.30. The lowest BCUT2D eigenvalue weighted by atomic mass is 9.98. The SMILES string of the molecule is Cl.Fc1ccc(Cl)cc1[C@H](CC1CC1)N1CCNCC1. The highest BCUT2D eigenvalue weighted by Gasteiger charge is 2.31. The quantitative estimate of drug-likeness (QED) is 0.911. The van der Waals surface area contributed by atoms with Gasteiger partial charge in [-0.3, -0.25) is 4.90 Å². The van der Waals surface area contributed by atoms with Gasteiger partial charge in [0.25, 0.3) is 0 Å². The summed E-state index contributed by atoms with van der Waals surface area (Å²) < 4.78 is 14.1. The lowest BCUT2D eigenvalue weighted by Crippen LogP contribution is -2.45. The summed E-state index contributed by atoms with van der Waals surface area (Å²) in [6.45, 7) is 3.96. The molecule has 1 aliphatic heterocycles. The molecule has 1 saturated heterocycles. The Morgan fingerprint density at radius 3 is 2.65 bits per heavy atom. The molecule has 1 aromatic rings. The minimum absolute atomic E-state index is 0. The topological polar surface area (TPSA) is 15.3 Å². The Bertz CT molecular complexity index is 445. The third-order valence-electron chi connectivity index (χ3n) is 4.16. The van der Waals surface area contributed by atoms with Crippen molar-refractivity contribution in [2.75, 3.05) is 26.2 Å². The summed E-state index contributed by atoms with van der Waals surface area (Å²) in [7, 11) is 0. The van der Waals surface area contributed by atoms with Crippen molar-refractivity contribution in [3.05, 3.63) is 34.6 Å². The maximum absolute atomic E-state index is 14.1. The summed E-state index contributed by atoms with van der Waals surface area (Å²) in [5.74, 6) is 0.659. The van der Waals surface area contributed by atoms with Crippen molar-refractivity contribution in [3.8, 4) is 0 Å². The van der Waals surface area contributed by atoms with E-state index in [0.717, 1.165) is 44.1 Å². The Hall–Kier alpha value is -0.350. The van der Waals surface area contributed by atoms with Crippen LogP contribution in [-0.4, -0.2) is 31.1 Å². The van der Waals surface area contributed by atoms with Crippen LogP contribution in [0.3, 0.4) is 0 Å². The number of nitrogens with zero attached hydrogens (tertiary/aromatic N) is 1. The third-order valence-corrected chi connectivity index (χ3v) is 4.40. The summed E-state index contributed by atoms with van der Waals surface area (Å²) in [4.78, 5) is 2.41. The van der Waals surface area contributed by atoms with Gasteiger partial charge in [-0.1, -0.05) is 24.4 Å². The molecule has 20 heavy (non-hydrogen) atoms. The fourth-order valence-electron chi connectivity index (χ4n) is 2.91. The smallest absolute Gasteiger partial charge is 0.128 e. The van der Waals surface area contributed by atoms with E-state index in [4.69, 9.17) is 11.6 Å². The van der Waals surface area contributed by atoms with E-state index < -0.39 is 0 Å². The van der Waals surface area contributed by atoms with Gasteiger partial charge in [0.1, 0.15) is 5.82 Å². The van der Waals surface area contributed by atoms with Crippen molar-refractivity contribution in [2.45, 2.75) is 25.3 Å². The predicted molar refractivity (Wildman–Crippen MR) is 83.2 cm³/mol. The zero-order valence-corrected chi connectivity index (χ0v) is 13.0. The van der Waals surface area contributed by atoms with Crippen LogP contribution in [0.4, 0.5) is 4.39 Å². The molecular weight excluding hydrogens is 298 g/mol. The molecule has 5 heteroatoms. The lowest BCUT2D eigenvalue weighted by Gasteiger charge is -2.35. The summed E-state index contributed by atoms with van der Waals surface area (Å²) in [5, 5.41) is 3.99. The average molecular weight is 319 g/mol. The minimum atomic E-state index is -0.117. The Kier molecular flexibility index (Phi) is 5.67. The van der Waals surface area contributed by atoms with E-state index in [1.165, 1.54) is 18.9 Å². The fourth-order valence-corrected chi connectivity index (χ4v) is 3.09. The van der Waals surface area contributed by atoms with Crippen LogP contribution in [0.1, 0.15) is 30.9 Å². The van der Waals surface area contributed by atoms with Gasteiger partial charge in [0.2, 0.25) is 0 Å². The molecule has 1 aromatic carbocycles. The largest absolute Gasteiger partial charge is 0.314 e. The molecule has 0 amide bonds. The number of piperazine rings is 1. The van der Waals surface area contributed by atoms with Crippen molar-refractivity contribution >= 4 is 24.0 Å². The van der Waals surface area contributed by atoms with Gasteiger partial charge in [-0.15, -0.1) is 12.4 Å². The number of benzene rings is 1. The zero-order valence-electron chi connectivity index (χ0n) is 11.4. The minimum Gasteiger partial charge on any atom is -0.314 e. The molecule has 1 heterocycles. The first-order valence-corrected chi connectivity index (χ1v) is 7.51. The van der Waals surface area contributed by atoms with Gasteiger partial charge in [0, 0.05) is 42.8 Å². The van der Waals surface area contributed by atoms with Crippen molar-refractivity contribution in [3.63, 3.8) is 0 Å². The van der Waals surface area contributed by atoms with E-state index in [-0.39, 0.29) is 24.3 Å². The van der Waals surface area contributed by atoms with Gasteiger partial charge < -0.3 is 5.32 Å². The summed E-state index contributed by atoms with van der Waals surface area (Å²) in [5.41, 5.74) is 0.779. The first kappa shape index (κ1) is 16.0. The normalized spacial score (nSPS) is 21.3. The van der Waals surface area contributed by atoms with Crippen LogP contribution in [0, 0.1) is 11.7 Å². The Balaban J connectivity index is 0.00000147. The van der Waals surface area contributed by atoms with Crippen LogP contribution in [0.2, 0.25) is 5.02 Å².